The summed E-state index contributed by atoms with van der Waals surface area (Å²) in [7, 11) is -3.60. The first-order chi connectivity index (χ1) is 8.08. The average molecular weight is 307 g/mol. The first kappa shape index (κ1) is 12.6. The van der Waals surface area contributed by atoms with Crippen LogP contribution in [0.4, 0.5) is 0 Å². The number of halogens is 1. The Hall–Kier alpha value is -0.890. The summed E-state index contributed by atoms with van der Waals surface area (Å²) in [4.78, 5) is 2.12. The van der Waals surface area contributed by atoms with Crippen LogP contribution in [-0.4, -0.2) is 14.6 Å². The predicted octanol–water partition coefficient (Wildman–Crippen LogP) is 2.78. The van der Waals surface area contributed by atoms with Crippen LogP contribution in [0.3, 0.4) is 0 Å². The zero-order chi connectivity index (χ0) is 12.3. The molecule has 0 aliphatic rings. The number of hydrazone groups is 1. The van der Waals surface area contributed by atoms with Crippen LogP contribution in [0.15, 0.2) is 38.3 Å². The SMILES string of the molecule is O=S(=O)(NN=Cc1ccsc1)c1ccc(Cl)s1. The third-order valence-electron chi connectivity index (χ3n) is 1.74. The van der Waals surface area contributed by atoms with Crippen molar-refractivity contribution in [2.45, 2.75) is 4.21 Å². The third kappa shape index (κ3) is 3.29. The van der Waals surface area contributed by atoms with Gasteiger partial charge in [-0.15, -0.1) is 11.3 Å². The minimum Gasteiger partial charge on any atom is -0.199 e. The van der Waals surface area contributed by atoms with E-state index in [1.54, 1.807) is 0 Å². The van der Waals surface area contributed by atoms with Crippen LogP contribution in [0, 0.1) is 0 Å². The zero-order valence-electron chi connectivity index (χ0n) is 8.33. The molecule has 0 aliphatic carbocycles. The van der Waals surface area contributed by atoms with Crippen LogP contribution in [0.25, 0.3) is 0 Å². The van der Waals surface area contributed by atoms with E-state index in [9.17, 15) is 8.42 Å². The summed E-state index contributed by atoms with van der Waals surface area (Å²) >= 11 is 8.17. The van der Waals surface area contributed by atoms with E-state index in [0.717, 1.165) is 16.9 Å². The molecular formula is C9H7ClN2O2S3. The summed E-state index contributed by atoms with van der Waals surface area (Å²) in [6, 6.07) is 4.81. The number of nitrogens with one attached hydrogen (secondary N) is 1. The number of sulfonamides is 1. The number of hydrogen-bond donors (Lipinski definition) is 1. The molecule has 0 aliphatic heterocycles. The number of thiophene rings is 2. The van der Waals surface area contributed by atoms with Crippen LogP contribution in [-0.2, 0) is 10.0 Å². The van der Waals surface area contributed by atoms with E-state index in [2.05, 4.69) is 9.93 Å². The van der Waals surface area contributed by atoms with Crippen LogP contribution in [0.5, 0.6) is 0 Å². The Morgan fingerprint density at radius 1 is 1.35 bits per heavy atom. The molecule has 0 fully saturated rings. The van der Waals surface area contributed by atoms with Gasteiger partial charge in [0.25, 0.3) is 10.0 Å². The van der Waals surface area contributed by atoms with Gasteiger partial charge in [-0.25, -0.2) is 0 Å². The summed E-state index contributed by atoms with van der Waals surface area (Å²) in [5.41, 5.74) is 0.849. The molecule has 0 aromatic carbocycles. The smallest absolute Gasteiger partial charge is 0.199 e. The quantitative estimate of drug-likeness (QED) is 0.697. The second kappa shape index (κ2) is 5.18. The summed E-state index contributed by atoms with van der Waals surface area (Å²) in [6.07, 6.45) is 1.45. The minimum atomic E-state index is -3.60. The van der Waals surface area contributed by atoms with Gasteiger partial charge in [-0.3, -0.25) is 0 Å². The molecule has 2 aromatic heterocycles. The maximum absolute atomic E-state index is 11.7. The molecular weight excluding hydrogens is 300 g/mol. The van der Waals surface area contributed by atoms with Crippen molar-refractivity contribution in [3.05, 3.63) is 38.9 Å². The van der Waals surface area contributed by atoms with E-state index in [4.69, 9.17) is 11.6 Å². The summed E-state index contributed by atoms with van der Waals surface area (Å²) in [5.74, 6) is 0. The van der Waals surface area contributed by atoms with Crippen molar-refractivity contribution < 1.29 is 8.42 Å². The van der Waals surface area contributed by atoms with Crippen molar-refractivity contribution in [2.24, 2.45) is 5.10 Å². The highest BCUT2D eigenvalue weighted by Crippen LogP contribution is 2.25. The zero-order valence-corrected chi connectivity index (χ0v) is 11.5. The normalized spacial score (nSPS) is 12.1. The number of hydrogen-bond acceptors (Lipinski definition) is 5. The predicted molar refractivity (Wildman–Crippen MR) is 71.6 cm³/mol. The van der Waals surface area contributed by atoms with Gasteiger partial charge in [0.2, 0.25) is 0 Å². The second-order valence-electron chi connectivity index (χ2n) is 2.97. The largest absolute Gasteiger partial charge is 0.286 e. The van der Waals surface area contributed by atoms with E-state index < -0.39 is 10.0 Å². The molecule has 2 aromatic rings. The van der Waals surface area contributed by atoms with E-state index in [1.165, 1.54) is 29.7 Å². The van der Waals surface area contributed by atoms with Crippen LogP contribution >= 0.6 is 34.3 Å². The van der Waals surface area contributed by atoms with Gasteiger partial charge in [-0.1, -0.05) is 11.6 Å². The molecule has 2 rings (SSSR count). The molecule has 4 nitrogen and oxygen atoms in total. The van der Waals surface area contributed by atoms with Crippen LogP contribution in [0.1, 0.15) is 5.56 Å². The molecule has 0 spiro atoms. The third-order valence-corrected chi connectivity index (χ3v) is 5.39. The van der Waals surface area contributed by atoms with Gasteiger partial charge < -0.3 is 0 Å². The maximum atomic E-state index is 11.7. The fraction of sp³-hybridized carbons (Fsp3) is 0. The molecule has 0 amide bonds. The highest BCUT2D eigenvalue weighted by Gasteiger charge is 2.15. The monoisotopic (exact) mass is 306 g/mol. The fourth-order valence-corrected chi connectivity index (χ4v) is 3.88. The Morgan fingerprint density at radius 2 is 2.18 bits per heavy atom. The summed E-state index contributed by atoms with van der Waals surface area (Å²) in [5, 5.41) is 7.42. The maximum Gasteiger partial charge on any atom is 0.286 e. The topological polar surface area (TPSA) is 58.5 Å². The molecule has 0 saturated heterocycles. The van der Waals surface area contributed by atoms with Crippen LogP contribution in [0.2, 0.25) is 4.34 Å². The number of rotatable bonds is 4. The van der Waals surface area contributed by atoms with Crippen molar-refractivity contribution in [3.63, 3.8) is 0 Å². The molecule has 1 N–H and O–H groups in total. The van der Waals surface area contributed by atoms with Crippen molar-refractivity contribution in [2.75, 3.05) is 0 Å². The lowest BCUT2D eigenvalue weighted by Crippen LogP contribution is -2.16. The minimum absolute atomic E-state index is 0.143. The lowest BCUT2D eigenvalue weighted by molar-refractivity contribution is 0.587. The van der Waals surface area contributed by atoms with Gasteiger partial charge in [0.15, 0.2) is 0 Å². The number of nitrogens with zero attached hydrogens (tertiary/aromatic N) is 1. The van der Waals surface area contributed by atoms with E-state index in [1.807, 2.05) is 16.8 Å². The molecule has 2 heterocycles. The Labute approximate surface area is 112 Å². The molecule has 8 heteroatoms. The molecule has 0 bridgehead atoms. The highest BCUT2D eigenvalue weighted by molar-refractivity contribution is 7.91. The second-order valence-corrected chi connectivity index (χ2v) is 7.35. The average Bonchev–Trinajstić information content (AvgIpc) is 2.89. The molecule has 0 saturated carbocycles. The molecule has 0 unspecified atom stereocenters. The Morgan fingerprint density at radius 3 is 2.76 bits per heavy atom. The Kier molecular flexibility index (Phi) is 3.82. The van der Waals surface area contributed by atoms with Crippen molar-refractivity contribution in [1.29, 1.82) is 0 Å². The first-order valence-corrected chi connectivity index (χ1v) is 8.02. The lowest BCUT2D eigenvalue weighted by Gasteiger charge is -1.98. The van der Waals surface area contributed by atoms with Gasteiger partial charge in [0, 0.05) is 5.56 Å². The van der Waals surface area contributed by atoms with E-state index in [-0.39, 0.29) is 4.21 Å². The van der Waals surface area contributed by atoms with Gasteiger partial charge in [-0.2, -0.15) is 29.7 Å². The Balaban J connectivity index is 2.08. The Bertz CT molecular complexity index is 616. The summed E-state index contributed by atoms with van der Waals surface area (Å²) < 4.78 is 24.0. The van der Waals surface area contributed by atoms with Gasteiger partial charge in [0.05, 0.1) is 10.6 Å². The fourth-order valence-electron chi connectivity index (χ4n) is 1.01. The summed E-state index contributed by atoms with van der Waals surface area (Å²) in [6.45, 7) is 0. The van der Waals surface area contributed by atoms with Crippen LogP contribution < -0.4 is 4.83 Å². The molecule has 17 heavy (non-hydrogen) atoms. The van der Waals surface area contributed by atoms with Gasteiger partial charge in [-0.05, 0) is 29.0 Å². The molecule has 90 valence electrons. The molecule has 0 radical (unpaired) electrons. The molecule has 0 atom stereocenters. The van der Waals surface area contributed by atoms with Gasteiger partial charge in [0.1, 0.15) is 4.21 Å². The van der Waals surface area contributed by atoms with E-state index in [0.29, 0.717) is 4.34 Å². The van der Waals surface area contributed by atoms with Gasteiger partial charge >= 0.3 is 0 Å². The standard InChI is InChI=1S/C9H7ClN2O2S3/c10-8-1-2-9(16-8)17(13,14)12-11-5-7-3-4-15-6-7/h1-6,12H. The highest BCUT2D eigenvalue weighted by atomic mass is 35.5. The van der Waals surface area contributed by atoms with Crippen molar-refractivity contribution in [1.82, 2.24) is 4.83 Å². The van der Waals surface area contributed by atoms with E-state index >= 15 is 0 Å². The first-order valence-electron chi connectivity index (χ1n) is 4.40. The lowest BCUT2D eigenvalue weighted by atomic mass is 10.4. The van der Waals surface area contributed by atoms with Crippen molar-refractivity contribution in [3.8, 4) is 0 Å². The van der Waals surface area contributed by atoms with Crippen molar-refractivity contribution >= 4 is 50.5 Å².